The molecule has 0 spiro atoms. The zero-order valence-electron chi connectivity index (χ0n) is 25.0. The lowest BCUT2D eigenvalue weighted by Gasteiger charge is -2.39. The Balaban J connectivity index is 1.35. The molecule has 3 N–H and O–H groups in total. The smallest absolute Gasteiger partial charge is 0.229 e. The van der Waals surface area contributed by atoms with Crippen molar-refractivity contribution in [2.24, 2.45) is 0 Å². The van der Waals surface area contributed by atoms with Gasteiger partial charge in [-0.25, -0.2) is 13.4 Å². The summed E-state index contributed by atoms with van der Waals surface area (Å²) in [7, 11) is -1.88. The monoisotopic (exact) mass is 628 g/mol. The molecular weight excluding hydrogens is 588 g/mol. The van der Waals surface area contributed by atoms with Crippen LogP contribution in [0, 0.1) is 0 Å². The Kier molecular flexibility index (Phi) is 10.1. The topological polar surface area (TPSA) is 120 Å². The standard InChI is InChI=1S/C31H41ClN6O4S/c1-21(2)43(40,41)29-10-5-4-9-26(29)34-30-25(32)20-33-31(36-30)35-27-18-22-7-6-8-24(17-23(22)19-28(27)42-3)38-13-11-37(12-14-38)15-16-39/h4-5,9-10,18-21,24,39H,6-8,11-17H2,1-3H3,(H2,33,34,35,36). The number of nitrogens with zero attached hydrogens (tertiary/aromatic N) is 4. The number of anilines is 4. The highest BCUT2D eigenvalue weighted by molar-refractivity contribution is 7.92. The predicted molar refractivity (Wildman–Crippen MR) is 171 cm³/mol. The van der Waals surface area contributed by atoms with E-state index < -0.39 is 15.1 Å². The lowest BCUT2D eigenvalue weighted by molar-refractivity contribution is 0.0805. The average Bonchev–Trinajstić information content (AvgIpc) is 3.21. The van der Waals surface area contributed by atoms with E-state index >= 15 is 0 Å². The number of aliphatic hydroxyl groups excluding tert-OH is 1. The van der Waals surface area contributed by atoms with Crippen molar-refractivity contribution in [3.8, 4) is 5.75 Å². The first-order valence-electron chi connectivity index (χ1n) is 14.9. The highest BCUT2D eigenvalue weighted by Crippen LogP contribution is 2.36. The van der Waals surface area contributed by atoms with E-state index in [1.54, 1.807) is 45.2 Å². The molecule has 232 valence electrons. The molecule has 10 nitrogen and oxygen atoms in total. The number of hydrogen-bond donors (Lipinski definition) is 3. The molecule has 0 radical (unpaired) electrons. The van der Waals surface area contributed by atoms with E-state index in [1.807, 2.05) is 0 Å². The molecular formula is C31H41ClN6O4S. The summed E-state index contributed by atoms with van der Waals surface area (Å²) >= 11 is 6.44. The first-order valence-corrected chi connectivity index (χ1v) is 16.8. The molecule has 1 saturated heterocycles. The Bertz CT molecular complexity index is 1530. The summed E-state index contributed by atoms with van der Waals surface area (Å²) in [6.07, 6.45) is 5.67. The fraction of sp³-hybridized carbons (Fsp3) is 0.484. The largest absolute Gasteiger partial charge is 0.495 e. The van der Waals surface area contributed by atoms with Crippen LogP contribution in [0.1, 0.15) is 37.8 Å². The van der Waals surface area contributed by atoms with Gasteiger partial charge in [0.25, 0.3) is 0 Å². The van der Waals surface area contributed by atoms with E-state index in [2.05, 4.69) is 42.5 Å². The number of hydrogen-bond acceptors (Lipinski definition) is 10. The second-order valence-corrected chi connectivity index (χ2v) is 14.3. The van der Waals surface area contributed by atoms with Crippen molar-refractivity contribution in [2.45, 2.75) is 55.7 Å². The number of aliphatic hydroxyl groups is 1. The summed E-state index contributed by atoms with van der Waals surface area (Å²) in [5.74, 6) is 1.30. The number of piperazine rings is 1. The lowest BCUT2D eigenvalue weighted by atomic mass is 9.99. The fourth-order valence-corrected chi connectivity index (χ4v) is 7.22. The number of para-hydroxylation sites is 1. The zero-order valence-corrected chi connectivity index (χ0v) is 26.6. The second-order valence-electron chi connectivity index (χ2n) is 11.4. The maximum absolute atomic E-state index is 13.0. The number of methoxy groups -OCH3 is 1. The van der Waals surface area contributed by atoms with E-state index in [9.17, 15) is 13.5 Å². The number of rotatable bonds is 10. The first kappa shape index (κ1) is 31.5. The number of halogens is 1. The van der Waals surface area contributed by atoms with Crippen LogP contribution < -0.4 is 15.4 Å². The van der Waals surface area contributed by atoms with Crippen LogP contribution in [0.5, 0.6) is 5.75 Å². The van der Waals surface area contributed by atoms with Crippen LogP contribution in [0.25, 0.3) is 0 Å². The molecule has 12 heteroatoms. The molecule has 1 aliphatic heterocycles. The average molecular weight is 629 g/mol. The Labute approximate surface area is 259 Å². The molecule has 1 unspecified atom stereocenters. The van der Waals surface area contributed by atoms with Gasteiger partial charge in [0.15, 0.2) is 15.7 Å². The van der Waals surface area contributed by atoms with Gasteiger partial charge >= 0.3 is 0 Å². The van der Waals surface area contributed by atoms with Crippen molar-refractivity contribution in [1.82, 2.24) is 19.8 Å². The summed E-state index contributed by atoms with van der Waals surface area (Å²) in [6, 6.07) is 11.5. The molecule has 2 aliphatic rings. The SMILES string of the molecule is COc1cc2c(cc1Nc1ncc(Cl)c(Nc3ccccc3S(=O)(=O)C(C)C)n1)CCCC(N1CCN(CCO)CC1)C2. The molecule has 1 aliphatic carbocycles. The third-order valence-corrected chi connectivity index (χ3v) is 10.8. The zero-order chi connectivity index (χ0) is 30.6. The van der Waals surface area contributed by atoms with Gasteiger partial charge in [0.1, 0.15) is 10.8 Å². The van der Waals surface area contributed by atoms with Crippen molar-refractivity contribution >= 4 is 44.6 Å². The minimum Gasteiger partial charge on any atom is -0.495 e. The number of sulfone groups is 1. The Morgan fingerprint density at radius 2 is 1.86 bits per heavy atom. The third kappa shape index (κ3) is 7.24. The van der Waals surface area contributed by atoms with Crippen LogP contribution in [-0.4, -0.2) is 91.0 Å². The van der Waals surface area contributed by atoms with Crippen molar-refractivity contribution in [3.63, 3.8) is 0 Å². The van der Waals surface area contributed by atoms with Crippen molar-refractivity contribution in [2.75, 3.05) is 57.1 Å². The number of fused-ring (bicyclic) bond motifs is 1. The maximum Gasteiger partial charge on any atom is 0.229 e. The minimum atomic E-state index is -3.53. The van der Waals surface area contributed by atoms with Gasteiger partial charge in [-0.05, 0) is 74.9 Å². The van der Waals surface area contributed by atoms with Gasteiger partial charge in [-0.3, -0.25) is 9.80 Å². The molecule has 1 aromatic heterocycles. The van der Waals surface area contributed by atoms with Gasteiger partial charge in [-0.2, -0.15) is 4.98 Å². The molecule has 1 atom stereocenters. The van der Waals surface area contributed by atoms with Crippen LogP contribution in [0.15, 0.2) is 47.5 Å². The molecule has 0 saturated carbocycles. The van der Waals surface area contributed by atoms with Crippen LogP contribution in [0.3, 0.4) is 0 Å². The van der Waals surface area contributed by atoms with Crippen LogP contribution >= 0.6 is 11.6 Å². The number of ether oxygens (including phenoxy) is 1. The maximum atomic E-state index is 13.0. The van der Waals surface area contributed by atoms with E-state index in [1.165, 1.54) is 17.3 Å². The lowest BCUT2D eigenvalue weighted by Crippen LogP contribution is -2.51. The number of aromatic nitrogens is 2. The van der Waals surface area contributed by atoms with Gasteiger partial charge in [-0.15, -0.1) is 0 Å². The predicted octanol–water partition coefficient (Wildman–Crippen LogP) is 4.67. The fourth-order valence-electron chi connectivity index (χ4n) is 5.88. The van der Waals surface area contributed by atoms with Crippen molar-refractivity contribution < 1.29 is 18.3 Å². The molecule has 1 fully saturated rings. The molecule has 0 amide bonds. The highest BCUT2D eigenvalue weighted by Gasteiger charge is 2.27. The summed E-state index contributed by atoms with van der Waals surface area (Å²) in [4.78, 5) is 14.1. The van der Waals surface area contributed by atoms with Gasteiger partial charge in [0, 0.05) is 38.8 Å². The Morgan fingerprint density at radius 1 is 1.09 bits per heavy atom. The van der Waals surface area contributed by atoms with E-state index in [0.717, 1.165) is 64.1 Å². The third-order valence-electron chi connectivity index (χ3n) is 8.36. The van der Waals surface area contributed by atoms with Gasteiger partial charge in [0.2, 0.25) is 5.95 Å². The van der Waals surface area contributed by atoms with Gasteiger partial charge < -0.3 is 20.5 Å². The van der Waals surface area contributed by atoms with E-state index in [4.69, 9.17) is 16.3 Å². The van der Waals surface area contributed by atoms with Crippen molar-refractivity contribution in [1.29, 1.82) is 0 Å². The van der Waals surface area contributed by atoms with Crippen LogP contribution in [-0.2, 0) is 22.7 Å². The van der Waals surface area contributed by atoms with E-state index in [-0.39, 0.29) is 16.5 Å². The summed E-state index contributed by atoms with van der Waals surface area (Å²) < 4.78 is 31.7. The molecule has 43 heavy (non-hydrogen) atoms. The molecule has 5 rings (SSSR count). The Morgan fingerprint density at radius 3 is 2.58 bits per heavy atom. The second kappa shape index (κ2) is 13.8. The summed E-state index contributed by atoms with van der Waals surface area (Å²) in [5, 5.41) is 15.4. The Hall–Kier alpha value is -2.96. The molecule has 3 aromatic rings. The van der Waals surface area contributed by atoms with Crippen LogP contribution in [0.4, 0.5) is 23.1 Å². The first-order chi connectivity index (χ1) is 20.7. The highest BCUT2D eigenvalue weighted by atomic mass is 35.5. The van der Waals surface area contributed by atoms with Gasteiger partial charge in [0.05, 0.1) is 41.4 Å². The molecule has 2 aromatic carbocycles. The number of aryl methyl sites for hydroxylation is 1. The number of nitrogens with one attached hydrogen (secondary N) is 2. The summed E-state index contributed by atoms with van der Waals surface area (Å²) in [5.41, 5.74) is 3.73. The van der Waals surface area contributed by atoms with Crippen LogP contribution in [0.2, 0.25) is 5.02 Å². The molecule has 0 bridgehead atoms. The summed E-state index contributed by atoms with van der Waals surface area (Å²) in [6.45, 7) is 8.30. The quantitative estimate of drug-likeness (QED) is 0.273. The van der Waals surface area contributed by atoms with Crippen molar-refractivity contribution in [3.05, 3.63) is 58.7 Å². The molecule has 2 heterocycles. The van der Waals surface area contributed by atoms with E-state index in [0.29, 0.717) is 29.2 Å². The number of β-amino-alcohol motifs (C(OH)–C–C–N with tert-alkyl or cyclic N) is 1. The normalized spacial score (nSPS) is 18.2. The number of benzene rings is 2. The minimum absolute atomic E-state index is 0.187. The van der Waals surface area contributed by atoms with Gasteiger partial charge in [-0.1, -0.05) is 23.7 Å².